The normalized spacial score (nSPS) is 15.2. The van der Waals surface area contributed by atoms with Crippen LogP contribution in [0.3, 0.4) is 0 Å². The second-order valence-corrected chi connectivity index (χ2v) is 10.8. The maximum atomic E-state index is 11.9. The number of aliphatic hydroxyl groups excluding tert-OH is 1. The Bertz CT molecular complexity index is 582. The summed E-state index contributed by atoms with van der Waals surface area (Å²) in [5, 5.41) is 22.3. The summed E-state index contributed by atoms with van der Waals surface area (Å²) < 4.78 is 21.5. The third-order valence-corrected chi connectivity index (χ3v) is 7.00. The monoisotopic (exact) mass is 515 g/mol. The smallest absolute Gasteiger partial charge is 0.267 e. The summed E-state index contributed by atoms with van der Waals surface area (Å²) in [6.45, 7) is 4.63. The molecule has 0 bridgehead atoms. The minimum Gasteiger partial charge on any atom is -0.756 e. The number of aliphatic hydroxyl groups is 1. The Morgan fingerprint density at radius 2 is 1.46 bits per heavy atom. The van der Waals surface area contributed by atoms with Gasteiger partial charge >= 0.3 is 0 Å². The summed E-state index contributed by atoms with van der Waals surface area (Å²) >= 11 is 0. The molecule has 0 aromatic heterocycles. The van der Waals surface area contributed by atoms with Crippen molar-refractivity contribution in [2.24, 2.45) is 0 Å². The number of unbranched alkanes of at least 4 members (excludes halogenated alkanes) is 14. The number of hydrogen-bond acceptors (Lipinski definition) is 7. The number of hydrogen-bond donors (Lipinski definition) is 2. The van der Waals surface area contributed by atoms with Crippen LogP contribution < -0.4 is 10.2 Å². The molecule has 0 aliphatic carbocycles. The Morgan fingerprint density at radius 1 is 0.914 bits per heavy atom. The zero-order chi connectivity index (χ0) is 26.0. The number of nitrogens with zero attached hydrogens (tertiary/aromatic N) is 1. The molecular weight excluding hydrogens is 463 g/mol. The van der Waals surface area contributed by atoms with E-state index in [-0.39, 0.29) is 19.6 Å². The standard InChI is InChI=1S/C27H53N2O5P/c1-3-5-7-9-10-11-12-13-14-15-16-17-18-21-27(30)26(29-23-19-8-6-4-2)25-34-35(31,32)33-24-20-22-28/h18,21,26-27,29-30H,3-17,19-20,23-25H2,1-2H3,(H,31,32)/p-1/b21-18+/t26-,27+/m1/s1. The van der Waals surface area contributed by atoms with Gasteiger partial charge in [-0.15, -0.1) is 0 Å². The highest BCUT2D eigenvalue weighted by molar-refractivity contribution is 7.45. The van der Waals surface area contributed by atoms with Crippen molar-refractivity contribution in [1.82, 2.24) is 5.32 Å². The third kappa shape index (κ3) is 23.4. The minimum atomic E-state index is -4.50. The lowest BCUT2D eigenvalue weighted by molar-refractivity contribution is -0.226. The Morgan fingerprint density at radius 3 is 2.03 bits per heavy atom. The Balaban J connectivity index is 4.23. The van der Waals surface area contributed by atoms with E-state index in [0.717, 1.165) is 38.5 Å². The van der Waals surface area contributed by atoms with Gasteiger partial charge in [-0.25, -0.2) is 0 Å². The number of phosphoric acid groups is 1. The average Bonchev–Trinajstić information content (AvgIpc) is 2.83. The summed E-state index contributed by atoms with van der Waals surface area (Å²) in [7, 11) is -4.50. The largest absolute Gasteiger partial charge is 0.756 e. The molecule has 0 fully saturated rings. The number of nitrogens with one attached hydrogen (secondary N) is 1. The van der Waals surface area contributed by atoms with Crippen molar-refractivity contribution in [3.05, 3.63) is 12.2 Å². The van der Waals surface area contributed by atoms with E-state index in [2.05, 4.69) is 23.7 Å². The first-order valence-corrected chi connectivity index (χ1v) is 15.5. The molecule has 0 heterocycles. The molecule has 8 heteroatoms. The molecule has 3 atom stereocenters. The van der Waals surface area contributed by atoms with Gasteiger partial charge in [0.25, 0.3) is 7.82 Å². The predicted molar refractivity (Wildman–Crippen MR) is 142 cm³/mol. The first-order valence-electron chi connectivity index (χ1n) is 14.0. The van der Waals surface area contributed by atoms with Crippen molar-refractivity contribution in [1.29, 1.82) is 5.26 Å². The molecule has 0 saturated heterocycles. The van der Waals surface area contributed by atoms with Gasteiger partial charge in [-0.3, -0.25) is 4.57 Å². The second kappa shape index (κ2) is 24.9. The van der Waals surface area contributed by atoms with Gasteiger partial charge in [-0.2, -0.15) is 5.26 Å². The molecule has 0 radical (unpaired) electrons. The summed E-state index contributed by atoms with van der Waals surface area (Å²) in [6.07, 6.45) is 22.3. The highest BCUT2D eigenvalue weighted by Gasteiger charge is 2.20. The molecule has 0 saturated carbocycles. The zero-order valence-corrected chi connectivity index (χ0v) is 23.3. The summed E-state index contributed by atoms with van der Waals surface area (Å²) in [5.74, 6) is 0. The van der Waals surface area contributed by atoms with Crippen LogP contribution in [0.25, 0.3) is 0 Å². The van der Waals surface area contributed by atoms with Crippen molar-refractivity contribution in [3.63, 3.8) is 0 Å². The van der Waals surface area contributed by atoms with Crippen molar-refractivity contribution in [2.75, 3.05) is 19.8 Å². The van der Waals surface area contributed by atoms with Gasteiger partial charge in [-0.1, -0.05) is 109 Å². The summed E-state index contributed by atoms with van der Waals surface area (Å²) in [5.41, 5.74) is 0. The summed E-state index contributed by atoms with van der Waals surface area (Å²) in [6, 6.07) is 1.28. The highest BCUT2D eigenvalue weighted by Crippen LogP contribution is 2.38. The van der Waals surface area contributed by atoms with Gasteiger partial charge in [0.2, 0.25) is 0 Å². The highest BCUT2D eigenvalue weighted by atomic mass is 31.2. The van der Waals surface area contributed by atoms with Gasteiger partial charge in [0.15, 0.2) is 0 Å². The van der Waals surface area contributed by atoms with Crippen LogP contribution in [0.15, 0.2) is 12.2 Å². The predicted octanol–water partition coefficient (Wildman–Crippen LogP) is 6.56. The fourth-order valence-corrected chi connectivity index (χ4v) is 4.56. The van der Waals surface area contributed by atoms with Crippen LogP contribution in [0.5, 0.6) is 0 Å². The van der Waals surface area contributed by atoms with E-state index in [1.165, 1.54) is 64.2 Å². The van der Waals surface area contributed by atoms with Crippen LogP contribution >= 0.6 is 7.82 Å². The molecule has 0 aromatic rings. The molecule has 206 valence electrons. The van der Waals surface area contributed by atoms with Crippen molar-refractivity contribution >= 4 is 7.82 Å². The van der Waals surface area contributed by atoms with E-state index in [1.807, 2.05) is 12.1 Å². The quantitative estimate of drug-likeness (QED) is 0.0761. The van der Waals surface area contributed by atoms with Crippen molar-refractivity contribution < 1.29 is 23.6 Å². The van der Waals surface area contributed by atoms with Crippen molar-refractivity contribution in [2.45, 2.75) is 135 Å². The molecule has 2 N–H and O–H groups in total. The fourth-order valence-electron chi connectivity index (χ4n) is 3.83. The lowest BCUT2D eigenvalue weighted by Crippen LogP contribution is -2.43. The van der Waals surface area contributed by atoms with E-state index < -0.39 is 20.0 Å². The SMILES string of the molecule is CCCCCCCCCCCCC/C=C/[C@H](O)[C@@H](COP(=O)([O-])OCCC#N)NCCCCCC. The van der Waals surface area contributed by atoms with Gasteiger partial charge < -0.3 is 24.4 Å². The Hall–Kier alpha value is -0.740. The van der Waals surface area contributed by atoms with E-state index in [9.17, 15) is 14.6 Å². The average molecular weight is 516 g/mol. The summed E-state index contributed by atoms with van der Waals surface area (Å²) in [4.78, 5) is 11.9. The molecule has 0 aromatic carbocycles. The molecule has 0 spiro atoms. The minimum absolute atomic E-state index is 0.0287. The number of allylic oxidation sites excluding steroid dienone is 1. The number of nitriles is 1. The van der Waals surface area contributed by atoms with Gasteiger partial charge in [0.05, 0.1) is 37.8 Å². The first kappa shape index (κ1) is 34.3. The van der Waals surface area contributed by atoms with Crippen molar-refractivity contribution in [3.8, 4) is 6.07 Å². The molecule has 0 aliphatic rings. The molecule has 0 aliphatic heterocycles. The Labute approximate surface area is 215 Å². The second-order valence-electron chi connectivity index (χ2n) is 9.35. The van der Waals surface area contributed by atoms with Gasteiger partial charge in [0.1, 0.15) is 0 Å². The van der Waals surface area contributed by atoms with E-state index in [4.69, 9.17) is 9.79 Å². The molecule has 7 nitrogen and oxygen atoms in total. The van der Waals surface area contributed by atoms with E-state index in [0.29, 0.717) is 6.54 Å². The maximum Gasteiger partial charge on any atom is 0.267 e. The molecule has 1 unspecified atom stereocenters. The topological polar surface area (TPSA) is 115 Å². The third-order valence-electron chi connectivity index (χ3n) is 6.03. The first-order chi connectivity index (χ1) is 17.0. The van der Waals surface area contributed by atoms with E-state index >= 15 is 0 Å². The van der Waals surface area contributed by atoms with Crippen LogP contribution in [0, 0.1) is 11.3 Å². The van der Waals surface area contributed by atoms with Crippen LogP contribution in [-0.2, 0) is 13.6 Å². The molecular formula is C27H52N2O5P-. The molecule has 0 rings (SSSR count). The molecule has 35 heavy (non-hydrogen) atoms. The van der Waals surface area contributed by atoms with Gasteiger partial charge in [0, 0.05) is 0 Å². The van der Waals surface area contributed by atoms with E-state index in [1.54, 1.807) is 6.08 Å². The van der Waals surface area contributed by atoms with Gasteiger partial charge in [-0.05, 0) is 25.8 Å². The van der Waals surface area contributed by atoms with Crippen LogP contribution in [0.1, 0.15) is 123 Å². The fraction of sp³-hybridized carbons (Fsp3) is 0.889. The van der Waals surface area contributed by atoms with Crippen LogP contribution in [-0.4, -0.2) is 37.0 Å². The number of rotatable bonds is 26. The maximum absolute atomic E-state index is 11.9. The Kier molecular flexibility index (Phi) is 24.4. The molecule has 0 amide bonds. The zero-order valence-electron chi connectivity index (χ0n) is 22.4. The number of phosphoric ester groups is 1. The lowest BCUT2D eigenvalue weighted by Gasteiger charge is -2.27. The lowest BCUT2D eigenvalue weighted by atomic mass is 10.0. The van der Waals surface area contributed by atoms with Crippen LogP contribution in [0.4, 0.5) is 0 Å². The van der Waals surface area contributed by atoms with Crippen LogP contribution in [0.2, 0.25) is 0 Å².